The third-order valence-corrected chi connectivity index (χ3v) is 3.66. The van der Waals surface area contributed by atoms with Gasteiger partial charge in [-0.3, -0.25) is 0 Å². The SMILES string of the molecule is [C+]1=CN2C=CC3=CC4=C(CC3C2C=C1)OCO4.[Cl-]. The van der Waals surface area contributed by atoms with Crippen molar-refractivity contribution < 1.29 is 21.9 Å². The van der Waals surface area contributed by atoms with E-state index in [-0.39, 0.29) is 12.4 Å². The first-order valence-corrected chi connectivity index (χ1v) is 5.84. The Morgan fingerprint density at radius 3 is 3.22 bits per heavy atom. The maximum atomic E-state index is 5.51. The highest BCUT2D eigenvalue weighted by Crippen LogP contribution is 2.40. The van der Waals surface area contributed by atoms with Crippen molar-refractivity contribution in [2.45, 2.75) is 12.5 Å². The lowest BCUT2D eigenvalue weighted by Crippen LogP contribution is -3.00. The fourth-order valence-electron chi connectivity index (χ4n) is 2.79. The number of halogens is 1. The molecule has 2 atom stereocenters. The van der Waals surface area contributed by atoms with Gasteiger partial charge in [0.2, 0.25) is 6.79 Å². The average Bonchev–Trinajstić information content (AvgIpc) is 2.83. The fraction of sp³-hybridized carbons (Fsp3) is 0.286. The molecule has 0 saturated carbocycles. The summed E-state index contributed by atoms with van der Waals surface area (Å²) in [6.07, 6.45) is 16.6. The van der Waals surface area contributed by atoms with Gasteiger partial charge in [-0.05, 0) is 17.7 Å². The highest BCUT2D eigenvalue weighted by Gasteiger charge is 2.38. The van der Waals surface area contributed by atoms with Crippen LogP contribution in [0.1, 0.15) is 6.42 Å². The molecule has 1 aliphatic carbocycles. The standard InChI is InChI=1S/C14H12NO2.ClH/c1-2-5-15-6-4-10-7-13-14(17-9-16-13)8-11(10)12(15)3-1;/h1,3-7,11-12H,8-9H2;1H/q+1;/p-1. The second kappa shape index (κ2) is 4.20. The average molecular weight is 262 g/mol. The molecule has 0 amide bonds. The largest absolute Gasteiger partial charge is 1.00 e. The van der Waals surface area contributed by atoms with Gasteiger partial charge in [-0.25, -0.2) is 0 Å². The molecule has 0 fully saturated rings. The quantitative estimate of drug-likeness (QED) is 0.535. The van der Waals surface area contributed by atoms with Gasteiger partial charge in [0.1, 0.15) is 17.9 Å². The van der Waals surface area contributed by atoms with Crippen molar-refractivity contribution >= 4 is 0 Å². The molecule has 0 spiro atoms. The minimum atomic E-state index is 0. The highest BCUT2D eigenvalue weighted by molar-refractivity contribution is 5.41. The normalized spacial score (nSPS) is 30.2. The molecule has 0 N–H and O–H groups in total. The summed E-state index contributed by atoms with van der Waals surface area (Å²) in [5.41, 5.74) is 1.33. The van der Waals surface area contributed by atoms with Crippen LogP contribution in [0, 0.1) is 12.0 Å². The molecular formula is C14H12ClNO2. The predicted octanol–water partition coefficient (Wildman–Crippen LogP) is -0.763. The smallest absolute Gasteiger partial charge is 0.230 e. The molecule has 4 heteroatoms. The van der Waals surface area contributed by atoms with Crippen LogP contribution >= 0.6 is 0 Å². The molecule has 0 saturated heterocycles. The van der Waals surface area contributed by atoms with E-state index in [9.17, 15) is 0 Å². The summed E-state index contributed by atoms with van der Waals surface area (Å²) in [7, 11) is 0. The zero-order chi connectivity index (χ0) is 11.2. The van der Waals surface area contributed by atoms with Gasteiger partial charge < -0.3 is 26.8 Å². The molecule has 3 heterocycles. The topological polar surface area (TPSA) is 21.7 Å². The van der Waals surface area contributed by atoms with Crippen LogP contribution in [0.5, 0.6) is 0 Å². The van der Waals surface area contributed by atoms with Gasteiger partial charge in [0.15, 0.2) is 18.0 Å². The van der Waals surface area contributed by atoms with Crippen LogP contribution in [0.2, 0.25) is 0 Å². The first-order valence-electron chi connectivity index (χ1n) is 5.84. The van der Waals surface area contributed by atoms with E-state index in [1.807, 2.05) is 12.3 Å². The summed E-state index contributed by atoms with van der Waals surface area (Å²) in [5, 5.41) is 0. The highest BCUT2D eigenvalue weighted by atomic mass is 35.5. The van der Waals surface area contributed by atoms with Crippen molar-refractivity contribution in [3.63, 3.8) is 0 Å². The summed E-state index contributed by atoms with van der Waals surface area (Å²) >= 11 is 0. The van der Waals surface area contributed by atoms with E-state index in [2.05, 4.69) is 35.4 Å². The zero-order valence-electron chi connectivity index (χ0n) is 9.67. The van der Waals surface area contributed by atoms with Crippen LogP contribution in [0.3, 0.4) is 0 Å². The number of ether oxygens (including phenoxy) is 2. The summed E-state index contributed by atoms with van der Waals surface area (Å²) < 4.78 is 10.9. The Morgan fingerprint density at radius 1 is 1.33 bits per heavy atom. The van der Waals surface area contributed by atoms with Crippen LogP contribution in [0.4, 0.5) is 0 Å². The van der Waals surface area contributed by atoms with Gasteiger partial charge in [-0.2, -0.15) is 0 Å². The van der Waals surface area contributed by atoms with Crippen LogP contribution in [-0.2, 0) is 9.47 Å². The maximum Gasteiger partial charge on any atom is 0.230 e. The Bertz CT molecular complexity index is 516. The van der Waals surface area contributed by atoms with Gasteiger partial charge in [0.25, 0.3) is 0 Å². The number of hydrogen-bond acceptors (Lipinski definition) is 3. The Kier molecular flexibility index (Phi) is 2.66. The van der Waals surface area contributed by atoms with Gasteiger partial charge >= 0.3 is 0 Å². The van der Waals surface area contributed by atoms with Crippen molar-refractivity contribution in [2.24, 2.45) is 5.92 Å². The molecule has 0 aromatic carbocycles. The molecular weight excluding hydrogens is 250 g/mol. The minimum Gasteiger partial charge on any atom is -1.00 e. The lowest BCUT2D eigenvalue weighted by atomic mass is 9.80. The minimum absolute atomic E-state index is 0. The van der Waals surface area contributed by atoms with Crippen LogP contribution < -0.4 is 12.4 Å². The van der Waals surface area contributed by atoms with E-state index in [4.69, 9.17) is 9.47 Å². The monoisotopic (exact) mass is 261 g/mol. The first-order chi connectivity index (χ1) is 8.42. The van der Waals surface area contributed by atoms with E-state index in [1.165, 1.54) is 5.57 Å². The van der Waals surface area contributed by atoms with E-state index < -0.39 is 0 Å². The molecule has 18 heavy (non-hydrogen) atoms. The molecule has 3 nitrogen and oxygen atoms in total. The summed E-state index contributed by atoms with van der Waals surface area (Å²) in [6, 6.07) is 0.380. The van der Waals surface area contributed by atoms with Crippen LogP contribution in [-0.4, -0.2) is 17.7 Å². The number of hydrogen-bond donors (Lipinski definition) is 0. The molecule has 0 aromatic rings. The number of rotatable bonds is 0. The third kappa shape index (κ3) is 1.56. The Morgan fingerprint density at radius 2 is 2.28 bits per heavy atom. The van der Waals surface area contributed by atoms with Crippen LogP contribution in [0.25, 0.3) is 0 Å². The number of fused-ring (bicyclic) bond motifs is 3. The van der Waals surface area contributed by atoms with E-state index in [1.54, 1.807) is 0 Å². The molecule has 0 bridgehead atoms. The van der Waals surface area contributed by atoms with Crippen molar-refractivity contribution in [3.8, 4) is 0 Å². The van der Waals surface area contributed by atoms with E-state index in [0.29, 0.717) is 18.8 Å². The Labute approximate surface area is 112 Å². The molecule has 92 valence electrons. The zero-order valence-corrected chi connectivity index (χ0v) is 10.4. The molecule has 0 radical (unpaired) electrons. The summed E-state index contributed by atoms with van der Waals surface area (Å²) in [5.74, 6) is 2.37. The summed E-state index contributed by atoms with van der Waals surface area (Å²) in [6.45, 7) is 0.364. The number of allylic oxidation sites excluding steroid dienone is 5. The lowest BCUT2D eigenvalue weighted by molar-refractivity contribution is -0.00000725. The molecule has 3 aliphatic heterocycles. The van der Waals surface area contributed by atoms with Crippen molar-refractivity contribution in [3.05, 3.63) is 59.9 Å². The maximum absolute atomic E-state index is 5.51. The van der Waals surface area contributed by atoms with Gasteiger partial charge in [0.05, 0.1) is 6.08 Å². The van der Waals surface area contributed by atoms with Crippen molar-refractivity contribution in [1.82, 2.24) is 4.90 Å². The van der Waals surface area contributed by atoms with Gasteiger partial charge in [-0.1, -0.05) is 0 Å². The van der Waals surface area contributed by atoms with Crippen molar-refractivity contribution in [2.75, 3.05) is 6.79 Å². The first kappa shape index (κ1) is 11.4. The molecule has 4 aliphatic rings. The second-order valence-electron chi connectivity index (χ2n) is 4.56. The Hall–Kier alpha value is -1.70. The predicted molar refractivity (Wildman–Crippen MR) is 62.0 cm³/mol. The van der Waals surface area contributed by atoms with E-state index in [0.717, 1.165) is 17.9 Å². The van der Waals surface area contributed by atoms with Gasteiger partial charge in [-0.15, -0.1) is 0 Å². The second-order valence-corrected chi connectivity index (χ2v) is 4.56. The fourth-order valence-corrected chi connectivity index (χ4v) is 2.79. The Balaban J connectivity index is 0.000001000. The van der Waals surface area contributed by atoms with Gasteiger partial charge in [0, 0.05) is 18.5 Å². The molecule has 2 unspecified atom stereocenters. The molecule has 0 aromatic heterocycles. The van der Waals surface area contributed by atoms with Crippen LogP contribution in [0.15, 0.2) is 53.8 Å². The number of nitrogens with zero attached hydrogens (tertiary/aromatic N) is 1. The molecule has 4 rings (SSSR count). The van der Waals surface area contributed by atoms with E-state index >= 15 is 0 Å². The summed E-state index contributed by atoms with van der Waals surface area (Å²) in [4.78, 5) is 2.20. The third-order valence-electron chi connectivity index (χ3n) is 3.66. The van der Waals surface area contributed by atoms with Crippen molar-refractivity contribution in [1.29, 1.82) is 0 Å². The lowest BCUT2D eigenvalue weighted by Gasteiger charge is -2.35.